The first-order valence-corrected chi connectivity index (χ1v) is 8.19. The Hall–Kier alpha value is -0.170. The summed E-state index contributed by atoms with van der Waals surface area (Å²) in [5.74, 6) is 0. The van der Waals surface area contributed by atoms with Crippen LogP contribution >= 0.6 is 43.2 Å². The molecule has 0 bridgehead atoms. The summed E-state index contributed by atoms with van der Waals surface area (Å²) in [6.07, 6.45) is 1.71. The first-order chi connectivity index (χ1) is 8.52. The van der Waals surface area contributed by atoms with Crippen LogP contribution in [0.4, 0.5) is 0 Å². The van der Waals surface area contributed by atoms with Gasteiger partial charge in [0.05, 0.1) is 19.6 Å². The number of rotatable bonds is 4. The molecule has 6 heteroatoms. The van der Waals surface area contributed by atoms with Crippen molar-refractivity contribution in [3.05, 3.63) is 36.7 Å². The second kappa shape index (κ2) is 5.86. The highest BCUT2D eigenvalue weighted by molar-refractivity contribution is 9.11. The molecule has 1 unspecified atom stereocenters. The molecule has 0 fully saturated rings. The van der Waals surface area contributed by atoms with Crippen molar-refractivity contribution in [2.24, 2.45) is 12.8 Å². The molecule has 2 rings (SSSR count). The van der Waals surface area contributed by atoms with Crippen molar-refractivity contribution in [1.29, 1.82) is 0 Å². The predicted octanol–water partition coefficient (Wildman–Crippen LogP) is 3.81. The van der Waals surface area contributed by atoms with E-state index in [1.165, 1.54) is 0 Å². The number of aryl methyl sites for hydroxylation is 2. The van der Waals surface area contributed by atoms with Crippen LogP contribution in [0.1, 0.15) is 29.9 Å². The van der Waals surface area contributed by atoms with E-state index in [1.807, 2.05) is 11.7 Å². The summed E-state index contributed by atoms with van der Waals surface area (Å²) in [4.78, 5) is 0. The fraction of sp³-hybridized carbons (Fsp3) is 0.417. The van der Waals surface area contributed by atoms with Gasteiger partial charge >= 0.3 is 0 Å². The number of nitrogens with two attached hydrogens (primary N) is 1. The van der Waals surface area contributed by atoms with Gasteiger partial charge in [-0.05, 0) is 55.3 Å². The first kappa shape index (κ1) is 14.2. The number of nitrogens with zero attached hydrogens (tertiary/aromatic N) is 2. The lowest BCUT2D eigenvalue weighted by molar-refractivity contribution is 0.638. The lowest BCUT2D eigenvalue weighted by Gasteiger charge is -2.10. The lowest BCUT2D eigenvalue weighted by Crippen LogP contribution is -2.15. The Labute approximate surface area is 128 Å². The normalized spacial score (nSPS) is 12.9. The highest BCUT2D eigenvalue weighted by atomic mass is 79.9. The van der Waals surface area contributed by atoms with Crippen molar-refractivity contribution in [2.75, 3.05) is 0 Å². The van der Waals surface area contributed by atoms with Gasteiger partial charge in [-0.3, -0.25) is 4.68 Å². The Bertz CT molecular complexity index is 548. The molecular weight excluding hydrogens is 378 g/mol. The van der Waals surface area contributed by atoms with Crippen LogP contribution in [0.15, 0.2) is 19.7 Å². The summed E-state index contributed by atoms with van der Waals surface area (Å²) in [6.45, 7) is 2.10. The standard InChI is InChI=1S/C12H15Br2N3S/c1-3-9-12(14)10(17(2)16-9)5-8(15)7-4-11(13)18-6-7/h4,6,8H,3,5,15H2,1-2H3. The van der Waals surface area contributed by atoms with Crippen molar-refractivity contribution >= 4 is 43.2 Å². The Morgan fingerprint density at radius 3 is 2.72 bits per heavy atom. The Balaban J connectivity index is 2.21. The van der Waals surface area contributed by atoms with E-state index in [-0.39, 0.29) is 6.04 Å². The highest BCUT2D eigenvalue weighted by Crippen LogP contribution is 2.29. The molecule has 0 aliphatic rings. The summed E-state index contributed by atoms with van der Waals surface area (Å²) in [6, 6.07) is 2.09. The molecule has 0 aromatic carbocycles. The van der Waals surface area contributed by atoms with Crippen LogP contribution in [0, 0.1) is 0 Å². The summed E-state index contributed by atoms with van der Waals surface area (Å²) in [5, 5.41) is 6.59. The zero-order chi connectivity index (χ0) is 13.3. The zero-order valence-corrected chi connectivity index (χ0v) is 14.3. The lowest BCUT2D eigenvalue weighted by atomic mass is 10.1. The van der Waals surface area contributed by atoms with Gasteiger partial charge in [0.15, 0.2) is 0 Å². The van der Waals surface area contributed by atoms with E-state index < -0.39 is 0 Å². The summed E-state index contributed by atoms with van der Waals surface area (Å²) < 4.78 is 4.13. The predicted molar refractivity (Wildman–Crippen MR) is 82.9 cm³/mol. The quantitative estimate of drug-likeness (QED) is 0.859. The minimum atomic E-state index is 0.00366. The molecule has 0 amide bonds. The molecule has 3 nitrogen and oxygen atoms in total. The Kier molecular flexibility index (Phi) is 4.64. The summed E-state index contributed by atoms with van der Waals surface area (Å²) >= 11 is 8.75. The second-order valence-corrected chi connectivity index (χ2v) is 7.26. The van der Waals surface area contributed by atoms with Gasteiger partial charge in [-0.15, -0.1) is 11.3 Å². The topological polar surface area (TPSA) is 43.8 Å². The van der Waals surface area contributed by atoms with Crippen LogP contribution in [0.3, 0.4) is 0 Å². The van der Waals surface area contributed by atoms with Gasteiger partial charge in [-0.25, -0.2) is 0 Å². The maximum atomic E-state index is 6.25. The summed E-state index contributed by atoms with van der Waals surface area (Å²) in [7, 11) is 1.97. The number of aromatic nitrogens is 2. The molecule has 2 heterocycles. The molecule has 2 N–H and O–H groups in total. The molecule has 0 saturated carbocycles. The van der Waals surface area contributed by atoms with E-state index in [0.29, 0.717) is 0 Å². The van der Waals surface area contributed by atoms with Crippen LogP contribution in [0.25, 0.3) is 0 Å². The minimum absolute atomic E-state index is 0.00366. The van der Waals surface area contributed by atoms with E-state index in [9.17, 15) is 0 Å². The zero-order valence-electron chi connectivity index (χ0n) is 10.3. The average Bonchev–Trinajstić information content (AvgIpc) is 2.87. The number of hydrogen-bond donors (Lipinski definition) is 1. The van der Waals surface area contributed by atoms with Crippen molar-refractivity contribution in [2.45, 2.75) is 25.8 Å². The van der Waals surface area contributed by atoms with Crippen LogP contribution in [-0.2, 0) is 19.9 Å². The fourth-order valence-electron chi connectivity index (χ4n) is 1.89. The number of thiophene rings is 1. The Morgan fingerprint density at radius 2 is 2.22 bits per heavy atom. The maximum Gasteiger partial charge on any atom is 0.0766 e. The second-order valence-electron chi connectivity index (χ2n) is 4.18. The molecule has 0 spiro atoms. The molecule has 2 aromatic heterocycles. The molecule has 18 heavy (non-hydrogen) atoms. The Morgan fingerprint density at radius 1 is 1.50 bits per heavy atom. The van der Waals surface area contributed by atoms with Gasteiger partial charge < -0.3 is 5.73 Å². The molecule has 0 saturated heterocycles. The summed E-state index contributed by atoms with van der Waals surface area (Å²) in [5.41, 5.74) is 9.66. The molecule has 98 valence electrons. The molecule has 0 radical (unpaired) electrons. The molecule has 1 atom stereocenters. The fourth-order valence-corrected chi connectivity index (χ4v) is 3.90. The van der Waals surface area contributed by atoms with E-state index in [2.05, 4.69) is 55.3 Å². The van der Waals surface area contributed by atoms with Crippen LogP contribution in [0.5, 0.6) is 0 Å². The third kappa shape index (κ3) is 2.87. The molecular formula is C12H15Br2N3S. The largest absolute Gasteiger partial charge is 0.324 e. The smallest absolute Gasteiger partial charge is 0.0766 e. The van der Waals surface area contributed by atoms with Crippen LogP contribution in [0.2, 0.25) is 0 Å². The van der Waals surface area contributed by atoms with Gasteiger partial charge in [0.2, 0.25) is 0 Å². The van der Waals surface area contributed by atoms with E-state index in [1.54, 1.807) is 11.3 Å². The van der Waals surface area contributed by atoms with Gasteiger partial charge in [0, 0.05) is 19.5 Å². The van der Waals surface area contributed by atoms with Crippen molar-refractivity contribution < 1.29 is 0 Å². The number of halogens is 2. The molecule has 0 aliphatic heterocycles. The monoisotopic (exact) mass is 391 g/mol. The third-order valence-corrected chi connectivity index (χ3v) is 5.37. The van der Waals surface area contributed by atoms with Crippen molar-refractivity contribution in [3.8, 4) is 0 Å². The van der Waals surface area contributed by atoms with Crippen LogP contribution < -0.4 is 5.73 Å². The highest BCUT2D eigenvalue weighted by Gasteiger charge is 2.17. The number of hydrogen-bond acceptors (Lipinski definition) is 3. The van der Waals surface area contributed by atoms with E-state index >= 15 is 0 Å². The van der Waals surface area contributed by atoms with Crippen molar-refractivity contribution in [1.82, 2.24) is 9.78 Å². The van der Waals surface area contributed by atoms with E-state index in [0.717, 1.165) is 38.1 Å². The SMILES string of the molecule is CCc1nn(C)c(CC(N)c2csc(Br)c2)c1Br. The maximum absolute atomic E-state index is 6.25. The average molecular weight is 393 g/mol. The van der Waals surface area contributed by atoms with E-state index in [4.69, 9.17) is 5.73 Å². The van der Waals surface area contributed by atoms with Gasteiger partial charge in [-0.2, -0.15) is 5.10 Å². The third-order valence-electron chi connectivity index (χ3n) is 2.93. The molecule has 0 aliphatic carbocycles. The van der Waals surface area contributed by atoms with Gasteiger partial charge in [0.1, 0.15) is 0 Å². The van der Waals surface area contributed by atoms with Crippen molar-refractivity contribution in [3.63, 3.8) is 0 Å². The van der Waals surface area contributed by atoms with Crippen LogP contribution in [-0.4, -0.2) is 9.78 Å². The van der Waals surface area contributed by atoms with Gasteiger partial charge in [0.25, 0.3) is 0 Å². The van der Waals surface area contributed by atoms with Gasteiger partial charge in [-0.1, -0.05) is 6.92 Å². The minimum Gasteiger partial charge on any atom is -0.324 e. The first-order valence-electron chi connectivity index (χ1n) is 5.72. The molecule has 2 aromatic rings.